The molecule has 0 aromatic heterocycles. The summed E-state index contributed by atoms with van der Waals surface area (Å²) in [6.45, 7) is 2.81. The Morgan fingerprint density at radius 3 is 1.88 bits per heavy atom. The number of hydrogen-bond donors (Lipinski definition) is 1. The van der Waals surface area contributed by atoms with Crippen molar-refractivity contribution >= 4 is 11.9 Å². The SMILES string of the molecule is CN(CCC1CC(C(F)(F)F)CC(C(F)(F)F)C1)C(=O)C(C1CCCCC1)N1CCN(C(N)=NC2CCCCC2)CC1. The number of halogens is 6. The van der Waals surface area contributed by atoms with E-state index in [1.54, 1.807) is 11.9 Å². The molecule has 0 bridgehead atoms. The first kappa shape index (κ1) is 33.2. The Bertz CT molecular complexity index is 870. The van der Waals surface area contributed by atoms with Crippen LogP contribution in [0, 0.1) is 23.7 Å². The van der Waals surface area contributed by atoms with Crippen LogP contribution in [0.15, 0.2) is 4.99 Å². The van der Waals surface area contributed by atoms with E-state index in [4.69, 9.17) is 10.7 Å². The molecule has 0 aromatic carbocycles. The highest BCUT2D eigenvalue weighted by molar-refractivity contribution is 5.82. The van der Waals surface area contributed by atoms with E-state index >= 15 is 0 Å². The zero-order chi connectivity index (χ0) is 30.5. The molecule has 3 aliphatic carbocycles. The van der Waals surface area contributed by atoms with Crippen LogP contribution in [0.1, 0.15) is 89.9 Å². The van der Waals surface area contributed by atoms with Gasteiger partial charge in [0.25, 0.3) is 0 Å². The fraction of sp³-hybridized carbons (Fsp3) is 0.933. The van der Waals surface area contributed by atoms with Gasteiger partial charge in [0.1, 0.15) is 0 Å². The van der Waals surface area contributed by atoms with E-state index < -0.39 is 36.5 Å². The molecule has 3 saturated carbocycles. The van der Waals surface area contributed by atoms with E-state index in [1.807, 2.05) is 0 Å². The molecule has 4 aliphatic rings. The number of aliphatic imine (C=N–C) groups is 1. The van der Waals surface area contributed by atoms with Crippen molar-refractivity contribution in [3.8, 4) is 0 Å². The molecule has 1 amide bonds. The van der Waals surface area contributed by atoms with Crippen LogP contribution in [0.25, 0.3) is 0 Å². The van der Waals surface area contributed by atoms with Crippen molar-refractivity contribution in [3.63, 3.8) is 0 Å². The summed E-state index contributed by atoms with van der Waals surface area (Å²) in [7, 11) is 1.65. The number of carbonyl (C=O) groups is 1. The number of amides is 1. The average molecular weight is 610 g/mol. The number of nitrogens with two attached hydrogens (primary N) is 1. The van der Waals surface area contributed by atoms with Crippen molar-refractivity contribution in [1.29, 1.82) is 0 Å². The molecule has 0 aromatic rings. The summed E-state index contributed by atoms with van der Waals surface area (Å²) in [6.07, 6.45) is 0.202. The minimum Gasteiger partial charge on any atom is -0.370 e. The molecule has 242 valence electrons. The lowest BCUT2D eigenvalue weighted by Crippen LogP contribution is -2.59. The van der Waals surface area contributed by atoms with Gasteiger partial charge in [-0.2, -0.15) is 26.3 Å². The Morgan fingerprint density at radius 1 is 0.833 bits per heavy atom. The van der Waals surface area contributed by atoms with Gasteiger partial charge >= 0.3 is 12.4 Å². The van der Waals surface area contributed by atoms with E-state index in [0.29, 0.717) is 32.1 Å². The van der Waals surface area contributed by atoms with Crippen molar-refractivity contribution < 1.29 is 31.1 Å². The second-order valence-electron chi connectivity index (χ2n) is 13.2. The summed E-state index contributed by atoms with van der Waals surface area (Å²) in [4.78, 5) is 24.6. The van der Waals surface area contributed by atoms with Gasteiger partial charge in [-0.25, -0.2) is 4.99 Å². The number of carbonyl (C=O) groups excluding carboxylic acids is 1. The van der Waals surface area contributed by atoms with E-state index in [9.17, 15) is 31.1 Å². The zero-order valence-corrected chi connectivity index (χ0v) is 24.9. The topological polar surface area (TPSA) is 65.2 Å². The maximum absolute atomic E-state index is 13.9. The number of likely N-dealkylation sites (N-methyl/N-ethyl adjacent to an activating group) is 1. The van der Waals surface area contributed by atoms with Gasteiger partial charge in [-0.3, -0.25) is 9.69 Å². The van der Waals surface area contributed by atoms with Crippen molar-refractivity contribution in [2.45, 2.75) is 114 Å². The molecular weight excluding hydrogens is 560 g/mol. The minimum absolute atomic E-state index is 0.0743. The molecule has 0 radical (unpaired) electrons. The second-order valence-corrected chi connectivity index (χ2v) is 13.2. The van der Waals surface area contributed by atoms with Crippen LogP contribution in [0.2, 0.25) is 0 Å². The Labute approximate surface area is 246 Å². The van der Waals surface area contributed by atoms with Crippen LogP contribution < -0.4 is 5.73 Å². The minimum atomic E-state index is -4.65. The first-order chi connectivity index (χ1) is 19.8. The molecule has 6 nitrogen and oxygen atoms in total. The number of guanidine groups is 1. The van der Waals surface area contributed by atoms with Gasteiger partial charge in [-0.1, -0.05) is 38.5 Å². The van der Waals surface area contributed by atoms with Crippen LogP contribution in [0.3, 0.4) is 0 Å². The average Bonchev–Trinajstić information content (AvgIpc) is 2.96. The van der Waals surface area contributed by atoms with Gasteiger partial charge in [-0.05, 0) is 63.2 Å². The van der Waals surface area contributed by atoms with Crippen LogP contribution in [-0.2, 0) is 4.79 Å². The maximum atomic E-state index is 13.9. The number of piperazine rings is 1. The standard InChI is InChI=1S/C30H49F6N5O/c1-39(13-12-21-18-23(29(31,32)33)20-24(19-21)30(34,35)36)27(42)26(22-8-4-2-5-9-22)40-14-16-41(17-15-40)28(37)38-25-10-6-3-7-11-25/h21-26H,2-20H2,1H3,(H2,37,38). The van der Waals surface area contributed by atoms with Gasteiger partial charge in [0.05, 0.1) is 23.9 Å². The van der Waals surface area contributed by atoms with E-state index in [2.05, 4.69) is 9.80 Å². The lowest BCUT2D eigenvalue weighted by molar-refractivity contribution is -0.229. The number of rotatable bonds is 7. The van der Waals surface area contributed by atoms with Gasteiger partial charge in [0, 0.05) is 39.8 Å². The molecule has 3 atom stereocenters. The van der Waals surface area contributed by atoms with Crippen LogP contribution in [0.4, 0.5) is 26.3 Å². The Kier molecular flexibility index (Phi) is 11.4. The number of hydrogen-bond acceptors (Lipinski definition) is 3. The van der Waals surface area contributed by atoms with Gasteiger partial charge < -0.3 is 15.5 Å². The summed E-state index contributed by atoms with van der Waals surface area (Å²) in [6, 6.07) is -0.0601. The molecule has 1 saturated heterocycles. The molecule has 0 spiro atoms. The molecule has 1 heterocycles. The van der Waals surface area contributed by atoms with Gasteiger partial charge in [-0.15, -0.1) is 0 Å². The quantitative estimate of drug-likeness (QED) is 0.212. The van der Waals surface area contributed by atoms with Crippen LogP contribution >= 0.6 is 0 Å². The summed E-state index contributed by atoms with van der Waals surface area (Å²) in [5.41, 5.74) is 6.38. The summed E-state index contributed by atoms with van der Waals surface area (Å²) in [5, 5.41) is 0. The number of alkyl halides is 6. The molecule has 3 unspecified atom stereocenters. The van der Waals surface area contributed by atoms with Crippen LogP contribution in [-0.4, -0.2) is 90.8 Å². The second kappa shape index (κ2) is 14.4. The van der Waals surface area contributed by atoms with E-state index in [1.165, 1.54) is 19.3 Å². The molecular formula is C30H49F6N5O. The largest absolute Gasteiger partial charge is 0.391 e. The summed E-state index contributed by atoms with van der Waals surface area (Å²) >= 11 is 0. The van der Waals surface area contributed by atoms with Crippen molar-refractivity contribution in [3.05, 3.63) is 0 Å². The van der Waals surface area contributed by atoms with Crippen molar-refractivity contribution in [2.24, 2.45) is 34.4 Å². The van der Waals surface area contributed by atoms with Gasteiger partial charge in [0.2, 0.25) is 5.91 Å². The predicted molar refractivity (Wildman–Crippen MR) is 151 cm³/mol. The first-order valence-electron chi connectivity index (χ1n) is 16.0. The fourth-order valence-corrected chi connectivity index (χ4v) is 7.73. The van der Waals surface area contributed by atoms with Gasteiger partial charge in [0.15, 0.2) is 5.96 Å². The third-order valence-corrected chi connectivity index (χ3v) is 10.3. The first-order valence-corrected chi connectivity index (χ1v) is 16.0. The Balaban J connectivity index is 1.37. The monoisotopic (exact) mass is 609 g/mol. The fourth-order valence-electron chi connectivity index (χ4n) is 7.73. The van der Waals surface area contributed by atoms with Crippen molar-refractivity contribution in [1.82, 2.24) is 14.7 Å². The molecule has 4 fully saturated rings. The smallest absolute Gasteiger partial charge is 0.370 e. The van der Waals surface area contributed by atoms with E-state index in [-0.39, 0.29) is 49.7 Å². The molecule has 1 aliphatic heterocycles. The predicted octanol–water partition coefficient (Wildman–Crippen LogP) is 6.21. The highest BCUT2D eigenvalue weighted by Gasteiger charge is 2.51. The summed E-state index contributed by atoms with van der Waals surface area (Å²) < 4.78 is 80.8. The highest BCUT2D eigenvalue weighted by Crippen LogP contribution is 2.48. The molecule has 12 heteroatoms. The Hall–Kier alpha value is -1.72. The molecule has 2 N–H and O–H groups in total. The summed E-state index contributed by atoms with van der Waals surface area (Å²) in [5.74, 6) is -3.95. The zero-order valence-electron chi connectivity index (χ0n) is 24.9. The van der Waals surface area contributed by atoms with Crippen LogP contribution in [0.5, 0.6) is 0 Å². The third-order valence-electron chi connectivity index (χ3n) is 10.3. The maximum Gasteiger partial charge on any atom is 0.391 e. The lowest BCUT2D eigenvalue weighted by Gasteiger charge is -2.44. The Morgan fingerprint density at radius 2 is 1.36 bits per heavy atom. The molecule has 42 heavy (non-hydrogen) atoms. The lowest BCUT2D eigenvalue weighted by atomic mass is 9.73. The molecule has 4 rings (SSSR count). The number of nitrogens with zero attached hydrogens (tertiary/aromatic N) is 4. The third kappa shape index (κ3) is 8.91. The van der Waals surface area contributed by atoms with E-state index in [0.717, 1.165) is 44.9 Å². The normalized spacial score (nSPS) is 29.0. The highest BCUT2D eigenvalue weighted by atomic mass is 19.4. The van der Waals surface area contributed by atoms with Crippen molar-refractivity contribution in [2.75, 3.05) is 39.8 Å².